The summed E-state index contributed by atoms with van der Waals surface area (Å²) >= 11 is 0. The first-order valence-electron chi connectivity index (χ1n) is 10.7. The number of hydrazine groups is 1. The summed E-state index contributed by atoms with van der Waals surface area (Å²) < 4.78 is 42.0. The van der Waals surface area contributed by atoms with Crippen molar-refractivity contribution in [2.45, 2.75) is 25.6 Å². The van der Waals surface area contributed by atoms with Crippen molar-refractivity contribution in [2.24, 2.45) is 5.92 Å². The van der Waals surface area contributed by atoms with Crippen molar-refractivity contribution in [3.63, 3.8) is 0 Å². The van der Waals surface area contributed by atoms with Crippen molar-refractivity contribution in [1.29, 1.82) is 0 Å². The fraction of sp³-hybridized carbons (Fsp3) is 0.348. The van der Waals surface area contributed by atoms with Gasteiger partial charge in [0.2, 0.25) is 0 Å². The largest absolute Gasteiger partial charge is 0.472 e. The maximum Gasteiger partial charge on any atom is 0.472 e. The smallest absolute Gasteiger partial charge is 0.381 e. The Morgan fingerprint density at radius 3 is 2.21 bits per heavy atom. The first kappa shape index (κ1) is 25.0. The third-order valence-electron chi connectivity index (χ3n) is 5.30. The number of hydrogen-bond donors (Lipinski definition) is 3. The van der Waals surface area contributed by atoms with E-state index < -0.39 is 18.0 Å². The number of carbonyl (C=O) groups is 3. The van der Waals surface area contributed by atoms with Gasteiger partial charge in [-0.15, -0.1) is 0 Å². The maximum absolute atomic E-state index is 13.0. The van der Waals surface area contributed by atoms with Crippen molar-refractivity contribution < 1.29 is 32.3 Å². The molecule has 0 radical (unpaired) electrons. The second-order valence-corrected chi connectivity index (χ2v) is 7.76. The standard InChI is InChI=1S/C23H25F3N4O4/c24-23(25,26)21(32)29-28-20(31)18-8-6-16(7-9-18)14-27-22(33)30(19-4-2-1-3-5-19)15-17-10-12-34-13-11-17/h1-9,17H,10-15H2,(H,27,33)(H,28,31)(H,29,32). The number of ether oxygens (including phenoxy) is 1. The van der Waals surface area contributed by atoms with Gasteiger partial charge in [-0.25, -0.2) is 4.79 Å². The molecular formula is C23H25F3N4O4. The fourth-order valence-corrected chi connectivity index (χ4v) is 3.40. The molecule has 1 heterocycles. The number of nitrogens with one attached hydrogen (secondary N) is 3. The first-order chi connectivity index (χ1) is 16.2. The zero-order valence-corrected chi connectivity index (χ0v) is 18.2. The van der Waals surface area contributed by atoms with Crippen LogP contribution in [0.5, 0.6) is 0 Å². The number of anilines is 1. The quantitative estimate of drug-likeness (QED) is 0.556. The molecule has 0 atom stereocenters. The number of amides is 4. The van der Waals surface area contributed by atoms with E-state index in [4.69, 9.17) is 4.74 Å². The molecule has 0 saturated carbocycles. The Morgan fingerprint density at radius 1 is 0.941 bits per heavy atom. The zero-order valence-electron chi connectivity index (χ0n) is 18.2. The van der Waals surface area contributed by atoms with Crippen LogP contribution in [0.3, 0.4) is 0 Å². The molecule has 182 valence electrons. The Labute approximate surface area is 194 Å². The molecule has 0 bridgehead atoms. The molecule has 0 unspecified atom stereocenters. The van der Waals surface area contributed by atoms with E-state index in [1.807, 2.05) is 30.3 Å². The lowest BCUT2D eigenvalue weighted by molar-refractivity contribution is -0.174. The molecular weight excluding hydrogens is 453 g/mol. The molecule has 1 aliphatic heterocycles. The number of benzene rings is 2. The van der Waals surface area contributed by atoms with Crippen LogP contribution in [0.25, 0.3) is 0 Å². The van der Waals surface area contributed by atoms with E-state index in [0.717, 1.165) is 18.5 Å². The van der Waals surface area contributed by atoms with Gasteiger partial charge in [-0.2, -0.15) is 13.2 Å². The number of alkyl halides is 3. The molecule has 34 heavy (non-hydrogen) atoms. The zero-order chi connectivity index (χ0) is 24.6. The van der Waals surface area contributed by atoms with Gasteiger partial charge in [0, 0.05) is 37.6 Å². The molecule has 4 amide bonds. The second-order valence-electron chi connectivity index (χ2n) is 7.76. The number of urea groups is 1. The van der Waals surface area contributed by atoms with E-state index in [-0.39, 0.29) is 18.1 Å². The topological polar surface area (TPSA) is 99.8 Å². The molecule has 0 spiro atoms. The van der Waals surface area contributed by atoms with Gasteiger partial charge in [0.25, 0.3) is 5.91 Å². The molecule has 1 fully saturated rings. The van der Waals surface area contributed by atoms with E-state index >= 15 is 0 Å². The van der Waals surface area contributed by atoms with Crippen LogP contribution in [0.1, 0.15) is 28.8 Å². The normalized spacial score (nSPS) is 14.2. The molecule has 1 aliphatic rings. The van der Waals surface area contributed by atoms with Gasteiger partial charge in [-0.3, -0.25) is 25.3 Å². The number of nitrogens with zero attached hydrogens (tertiary/aromatic N) is 1. The second kappa shape index (κ2) is 11.5. The first-order valence-corrected chi connectivity index (χ1v) is 10.7. The van der Waals surface area contributed by atoms with E-state index in [1.54, 1.807) is 22.5 Å². The summed E-state index contributed by atoms with van der Waals surface area (Å²) in [6.07, 6.45) is -3.35. The van der Waals surface area contributed by atoms with Crippen LogP contribution in [0.2, 0.25) is 0 Å². The summed E-state index contributed by atoms with van der Waals surface area (Å²) in [4.78, 5) is 37.4. The molecule has 1 saturated heterocycles. The lowest BCUT2D eigenvalue weighted by Gasteiger charge is -2.30. The number of rotatable bonds is 6. The number of hydrogen-bond acceptors (Lipinski definition) is 4. The Morgan fingerprint density at radius 2 is 1.59 bits per heavy atom. The fourth-order valence-electron chi connectivity index (χ4n) is 3.40. The van der Waals surface area contributed by atoms with Gasteiger partial charge in [0.15, 0.2) is 0 Å². The summed E-state index contributed by atoms with van der Waals surface area (Å²) in [6.45, 7) is 2.09. The third kappa shape index (κ3) is 7.20. The van der Waals surface area contributed by atoms with Crippen LogP contribution >= 0.6 is 0 Å². The average molecular weight is 478 g/mol. The van der Waals surface area contributed by atoms with Gasteiger partial charge >= 0.3 is 18.1 Å². The lowest BCUT2D eigenvalue weighted by Crippen LogP contribution is -2.47. The minimum atomic E-state index is -5.10. The summed E-state index contributed by atoms with van der Waals surface area (Å²) in [6, 6.07) is 14.9. The third-order valence-corrected chi connectivity index (χ3v) is 5.30. The van der Waals surface area contributed by atoms with E-state index in [2.05, 4.69) is 5.32 Å². The van der Waals surface area contributed by atoms with E-state index in [1.165, 1.54) is 17.6 Å². The van der Waals surface area contributed by atoms with Crippen molar-refractivity contribution in [3.05, 3.63) is 65.7 Å². The Bertz CT molecular complexity index is 978. The molecule has 8 nitrogen and oxygen atoms in total. The number of para-hydroxylation sites is 1. The van der Waals surface area contributed by atoms with Gasteiger partial charge in [0.1, 0.15) is 0 Å². The number of carbonyl (C=O) groups excluding carboxylic acids is 3. The van der Waals surface area contributed by atoms with Crippen LogP contribution in [-0.4, -0.2) is 43.8 Å². The Kier molecular flexibility index (Phi) is 8.47. The highest BCUT2D eigenvalue weighted by molar-refractivity contribution is 5.96. The minimum absolute atomic E-state index is 0.0444. The van der Waals surface area contributed by atoms with E-state index in [0.29, 0.717) is 31.2 Å². The molecule has 3 rings (SSSR count). The Hall–Kier alpha value is -3.60. The minimum Gasteiger partial charge on any atom is -0.381 e. The summed E-state index contributed by atoms with van der Waals surface area (Å²) in [5.41, 5.74) is 4.51. The van der Waals surface area contributed by atoms with Gasteiger partial charge in [0.05, 0.1) is 0 Å². The van der Waals surface area contributed by atoms with Crippen molar-refractivity contribution >= 4 is 23.5 Å². The molecule has 2 aromatic rings. The van der Waals surface area contributed by atoms with Crippen LogP contribution in [0.15, 0.2) is 54.6 Å². The molecule has 11 heteroatoms. The van der Waals surface area contributed by atoms with Gasteiger partial charge < -0.3 is 10.1 Å². The predicted molar refractivity (Wildman–Crippen MR) is 118 cm³/mol. The predicted octanol–water partition coefficient (Wildman–Crippen LogP) is 3.15. The molecule has 2 aromatic carbocycles. The summed E-state index contributed by atoms with van der Waals surface area (Å²) in [7, 11) is 0. The lowest BCUT2D eigenvalue weighted by atomic mass is 9.99. The molecule has 0 aromatic heterocycles. The molecule has 3 N–H and O–H groups in total. The van der Waals surface area contributed by atoms with E-state index in [9.17, 15) is 27.6 Å². The van der Waals surface area contributed by atoms with Crippen LogP contribution in [0, 0.1) is 5.92 Å². The van der Waals surface area contributed by atoms with Crippen molar-refractivity contribution in [1.82, 2.24) is 16.2 Å². The molecule has 0 aliphatic carbocycles. The van der Waals surface area contributed by atoms with Gasteiger partial charge in [-0.05, 0) is 48.6 Å². The monoisotopic (exact) mass is 478 g/mol. The van der Waals surface area contributed by atoms with Crippen LogP contribution in [-0.2, 0) is 16.1 Å². The summed E-state index contributed by atoms with van der Waals surface area (Å²) in [5, 5.41) is 2.87. The highest BCUT2D eigenvalue weighted by Crippen LogP contribution is 2.21. The SMILES string of the molecule is O=C(NNC(=O)C(F)(F)F)c1ccc(CNC(=O)N(CC2CCOCC2)c2ccccc2)cc1. The summed E-state index contributed by atoms with van der Waals surface area (Å²) in [5.74, 6) is -2.85. The van der Waals surface area contributed by atoms with Crippen molar-refractivity contribution in [3.8, 4) is 0 Å². The van der Waals surface area contributed by atoms with Crippen molar-refractivity contribution in [2.75, 3.05) is 24.7 Å². The highest BCUT2D eigenvalue weighted by atomic mass is 19.4. The average Bonchev–Trinajstić information content (AvgIpc) is 2.85. The highest BCUT2D eigenvalue weighted by Gasteiger charge is 2.39. The van der Waals surface area contributed by atoms with Crippen LogP contribution < -0.4 is 21.1 Å². The Balaban J connectivity index is 1.56. The maximum atomic E-state index is 13.0. The number of halogens is 3. The van der Waals surface area contributed by atoms with Crippen LogP contribution in [0.4, 0.5) is 23.7 Å². The van der Waals surface area contributed by atoms with Gasteiger partial charge in [-0.1, -0.05) is 30.3 Å².